The van der Waals surface area contributed by atoms with Crippen LogP contribution >= 0.6 is 0 Å². The van der Waals surface area contributed by atoms with Gasteiger partial charge in [0.05, 0.1) is 0 Å². The number of hydrogen-bond donors (Lipinski definition) is 1. The molecule has 1 fully saturated rings. The van der Waals surface area contributed by atoms with Gasteiger partial charge in [-0.1, -0.05) is 43.3 Å². The van der Waals surface area contributed by atoms with Gasteiger partial charge in [0.25, 0.3) is 0 Å². The van der Waals surface area contributed by atoms with Crippen LogP contribution in [0.15, 0.2) is 36.4 Å². The predicted molar refractivity (Wildman–Crippen MR) is 98.4 cm³/mol. The van der Waals surface area contributed by atoms with E-state index < -0.39 is 0 Å². The molecule has 0 bridgehead atoms. The van der Waals surface area contributed by atoms with E-state index in [0.29, 0.717) is 6.54 Å². The number of piperidine rings is 1. The van der Waals surface area contributed by atoms with E-state index >= 15 is 0 Å². The van der Waals surface area contributed by atoms with Gasteiger partial charge < -0.3 is 5.32 Å². The van der Waals surface area contributed by atoms with Gasteiger partial charge in [-0.05, 0) is 62.2 Å². The summed E-state index contributed by atoms with van der Waals surface area (Å²) >= 11 is 0. The second-order valence-electron chi connectivity index (χ2n) is 7.47. The summed E-state index contributed by atoms with van der Waals surface area (Å²) in [5, 5.41) is 3.09. The first-order valence-corrected chi connectivity index (χ1v) is 9.43. The molecule has 130 valence electrons. The molecule has 1 saturated heterocycles. The normalized spacial score (nSPS) is 22.5. The molecule has 2 aliphatic rings. The molecule has 0 aromatic heterocycles. The summed E-state index contributed by atoms with van der Waals surface area (Å²) in [6, 6.07) is 8.73. The second kappa shape index (κ2) is 8.48. The number of carbonyl (C=O) groups is 1. The minimum atomic E-state index is 0.163. The Morgan fingerprint density at radius 1 is 1.08 bits per heavy atom. The van der Waals surface area contributed by atoms with Crippen LogP contribution in [-0.2, 0) is 17.9 Å². The first-order valence-electron chi connectivity index (χ1n) is 9.43. The number of benzene rings is 1. The number of nitrogens with zero attached hydrogens (tertiary/aromatic N) is 1. The van der Waals surface area contributed by atoms with Crippen LogP contribution in [0.2, 0.25) is 0 Å². The quantitative estimate of drug-likeness (QED) is 0.833. The maximum atomic E-state index is 12.2. The van der Waals surface area contributed by atoms with Gasteiger partial charge in [0.15, 0.2) is 0 Å². The summed E-state index contributed by atoms with van der Waals surface area (Å²) in [6.07, 6.45) is 9.84. The highest BCUT2D eigenvalue weighted by Crippen LogP contribution is 2.19. The lowest BCUT2D eigenvalue weighted by Crippen LogP contribution is -2.32. The number of amides is 1. The lowest BCUT2D eigenvalue weighted by molar-refractivity contribution is -0.125. The van der Waals surface area contributed by atoms with Crippen molar-refractivity contribution < 1.29 is 4.79 Å². The van der Waals surface area contributed by atoms with E-state index in [1.165, 1.54) is 37.1 Å². The first kappa shape index (κ1) is 17.2. The highest BCUT2D eigenvalue weighted by Gasteiger charge is 2.18. The van der Waals surface area contributed by atoms with Crippen molar-refractivity contribution in [3.05, 3.63) is 47.5 Å². The Kier molecular flexibility index (Phi) is 6.08. The van der Waals surface area contributed by atoms with Crippen molar-refractivity contribution in [2.24, 2.45) is 11.8 Å². The molecule has 1 aromatic carbocycles. The largest absolute Gasteiger partial charge is 0.352 e. The Bertz CT molecular complexity index is 556. The van der Waals surface area contributed by atoms with Crippen LogP contribution in [0.1, 0.15) is 50.2 Å². The van der Waals surface area contributed by atoms with Gasteiger partial charge in [-0.2, -0.15) is 0 Å². The topological polar surface area (TPSA) is 32.3 Å². The van der Waals surface area contributed by atoms with E-state index in [2.05, 4.69) is 53.6 Å². The maximum Gasteiger partial charge on any atom is 0.223 e. The molecule has 3 nitrogen and oxygen atoms in total. The summed E-state index contributed by atoms with van der Waals surface area (Å²) in [5.74, 6) is 1.24. The van der Waals surface area contributed by atoms with Gasteiger partial charge >= 0.3 is 0 Å². The Labute approximate surface area is 146 Å². The molecule has 0 spiro atoms. The van der Waals surface area contributed by atoms with Crippen molar-refractivity contribution >= 4 is 5.91 Å². The molecule has 1 aliphatic carbocycles. The summed E-state index contributed by atoms with van der Waals surface area (Å²) in [6.45, 7) is 6.47. The molecule has 1 amide bonds. The van der Waals surface area contributed by atoms with Crippen LogP contribution in [0.4, 0.5) is 0 Å². The third kappa shape index (κ3) is 4.94. The molecular formula is C21H30N2O. The van der Waals surface area contributed by atoms with Gasteiger partial charge in [-0.3, -0.25) is 9.69 Å². The lowest BCUT2D eigenvalue weighted by Gasteiger charge is -2.30. The third-order valence-electron chi connectivity index (χ3n) is 5.41. The van der Waals surface area contributed by atoms with Crippen LogP contribution in [0.3, 0.4) is 0 Å². The van der Waals surface area contributed by atoms with E-state index in [4.69, 9.17) is 0 Å². The Morgan fingerprint density at radius 2 is 1.79 bits per heavy atom. The van der Waals surface area contributed by atoms with E-state index in [9.17, 15) is 4.79 Å². The lowest BCUT2D eigenvalue weighted by atomic mass is 9.93. The number of allylic oxidation sites excluding steroid dienone is 2. The zero-order valence-electron chi connectivity index (χ0n) is 14.8. The van der Waals surface area contributed by atoms with Crippen LogP contribution in [0.25, 0.3) is 0 Å². The summed E-state index contributed by atoms with van der Waals surface area (Å²) in [7, 11) is 0. The van der Waals surface area contributed by atoms with Crippen molar-refractivity contribution in [2.45, 2.75) is 52.1 Å². The van der Waals surface area contributed by atoms with Gasteiger partial charge in [0.2, 0.25) is 5.91 Å². The van der Waals surface area contributed by atoms with Crippen molar-refractivity contribution in [1.29, 1.82) is 0 Å². The molecule has 1 aliphatic heterocycles. The summed E-state index contributed by atoms with van der Waals surface area (Å²) < 4.78 is 0. The Balaban J connectivity index is 1.44. The first-order chi connectivity index (χ1) is 11.7. The zero-order chi connectivity index (χ0) is 16.8. The van der Waals surface area contributed by atoms with Crippen LogP contribution in [0.5, 0.6) is 0 Å². The summed E-state index contributed by atoms with van der Waals surface area (Å²) in [4.78, 5) is 14.7. The molecule has 1 heterocycles. The molecule has 0 unspecified atom stereocenters. The van der Waals surface area contributed by atoms with Gasteiger partial charge in [-0.15, -0.1) is 0 Å². The van der Waals surface area contributed by atoms with Gasteiger partial charge in [0.1, 0.15) is 0 Å². The minimum Gasteiger partial charge on any atom is -0.352 e. The van der Waals surface area contributed by atoms with E-state index in [0.717, 1.165) is 31.7 Å². The zero-order valence-corrected chi connectivity index (χ0v) is 14.8. The van der Waals surface area contributed by atoms with Crippen LogP contribution in [-0.4, -0.2) is 23.9 Å². The molecule has 1 N–H and O–H groups in total. The summed E-state index contributed by atoms with van der Waals surface area (Å²) in [5.41, 5.74) is 2.56. The predicted octanol–water partition coefficient (Wildman–Crippen LogP) is 3.89. The van der Waals surface area contributed by atoms with E-state index in [1.807, 2.05) is 0 Å². The van der Waals surface area contributed by atoms with Crippen molar-refractivity contribution in [1.82, 2.24) is 10.2 Å². The minimum absolute atomic E-state index is 0.163. The van der Waals surface area contributed by atoms with E-state index in [-0.39, 0.29) is 11.8 Å². The monoisotopic (exact) mass is 326 g/mol. The molecule has 1 atom stereocenters. The third-order valence-corrected chi connectivity index (χ3v) is 5.41. The average molecular weight is 326 g/mol. The Hall–Kier alpha value is -1.61. The Morgan fingerprint density at radius 3 is 2.46 bits per heavy atom. The molecule has 0 radical (unpaired) electrons. The van der Waals surface area contributed by atoms with Crippen LogP contribution < -0.4 is 5.32 Å². The molecular weight excluding hydrogens is 296 g/mol. The molecule has 24 heavy (non-hydrogen) atoms. The SMILES string of the molecule is CC1CCN(Cc2ccc(CNC(=O)[C@@H]3CC=CCC3)cc2)CC1. The maximum absolute atomic E-state index is 12.2. The number of rotatable bonds is 5. The molecule has 1 aromatic rings. The van der Waals surface area contributed by atoms with E-state index in [1.54, 1.807) is 0 Å². The fourth-order valence-electron chi connectivity index (χ4n) is 3.61. The molecule has 3 rings (SSSR count). The van der Waals surface area contributed by atoms with Gasteiger partial charge in [0, 0.05) is 19.0 Å². The number of hydrogen-bond acceptors (Lipinski definition) is 2. The second-order valence-corrected chi connectivity index (χ2v) is 7.47. The molecule has 3 heteroatoms. The standard InChI is InChI=1S/C21H30N2O/c1-17-11-13-23(14-12-17)16-19-9-7-18(8-10-19)15-22-21(24)20-5-3-2-4-6-20/h2-3,7-10,17,20H,4-6,11-16H2,1H3,(H,22,24)/t20-/m1/s1. The number of nitrogens with one attached hydrogen (secondary N) is 1. The average Bonchev–Trinajstić information content (AvgIpc) is 2.63. The van der Waals surface area contributed by atoms with Crippen LogP contribution in [0, 0.1) is 11.8 Å². The number of likely N-dealkylation sites (tertiary alicyclic amines) is 1. The van der Waals surface area contributed by atoms with Crippen molar-refractivity contribution in [2.75, 3.05) is 13.1 Å². The van der Waals surface area contributed by atoms with Gasteiger partial charge in [-0.25, -0.2) is 0 Å². The highest BCUT2D eigenvalue weighted by atomic mass is 16.1. The van der Waals surface area contributed by atoms with Crippen molar-refractivity contribution in [3.8, 4) is 0 Å². The fraction of sp³-hybridized carbons (Fsp3) is 0.571. The highest BCUT2D eigenvalue weighted by molar-refractivity contribution is 5.78. The van der Waals surface area contributed by atoms with Crippen molar-refractivity contribution in [3.63, 3.8) is 0 Å². The smallest absolute Gasteiger partial charge is 0.223 e. The molecule has 0 saturated carbocycles. The fourth-order valence-corrected chi connectivity index (χ4v) is 3.61. The number of carbonyl (C=O) groups excluding carboxylic acids is 1.